The van der Waals surface area contributed by atoms with Crippen molar-refractivity contribution in [3.63, 3.8) is 0 Å². The molecule has 0 bridgehead atoms. The van der Waals surface area contributed by atoms with Crippen LogP contribution in [0.1, 0.15) is 16.7 Å². The third-order valence-electron chi connectivity index (χ3n) is 3.55. The van der Waals surface area contributed by atoms with Crippen LogP contribution >= 0.6 is 23.2 Å². The quantitative estimate of drug-likeness (QED) is 0.427. The molecular weight excluding hydrogens is 416 g/mol. The summed E-state index contributed by atoms with van der Waals surface area (Å²) < 4.78 is 44.0. The van der Waals surface area contributed by atoms with E-state index in [4.69, 9.17) is 27.9 Å². The molecule has 0 N–H and O–H groups in total. The highest BCUT2D eigenvalue weighted by atomic mass is 35.5. The normalized spacial score (nSPS) is 11.4. The highest BCUT2D eigenvalue weighted by Crippen LogP contribution is 2.46. The number of hydrogen-bond acceptors (Lipinski definition) is 5. The summed E-state index contributed by atoms with van der Waals surface area (Å²) in [5.41, 5.74) is -3.21. The first-order valence-corrected chi connectivity index (χ1v) is 7.77. The SMILES string of the molecule is Cc1cc(Oc2c([N+](=O)[O-])cc(C(F)(F)F)cc2[N+](=O)[O-])c(Cl)c(C)c1Cl. The van der Waals surface area contributed by atoms with Crippen LogP contribution in [0.4, 0.5) is 24.5 Å². The number of hydrogen-bond donors (Lipinski definition) is 0. The molecule has 27 heavy (non-hydrogen) atoms. The Bertz CT molecular complexity index is 928. The predicted molar refractivity (Wildman–Crippen MR) is 90.8 cm³/mol. The molecule has 0 unspecified atom stereocenters. The summed E-state index contributed by atoms with van der Waals surface area (Å²) in [4.78, 5) is 20.0. The molecule has 0 atom stereocenters. The minimum atomic E-state index is -5.03. The number of nitro benzene ring substituents is 2. The van der Waals surface area contributed by atoms with E-state index in [0.717, 1.165) is 0 Å². The number of benzene rings is 2. The van der Waals surface area contributed by atoms with Gasteiger partial charge in [-0.2, -0.15) is 13.2 Å². The molecule has 0 saturated carbocycles. The lowest BCUT2D eigenvalue weighted by atomic mass is 10.1. The van der Waals surface area contributed by atoms with Crippen LogP contribution in [0.15, 0.2) is 18.2 Å². The van der Waals surface area contributed by atoms with Crippen molar-refractivity contribution in [2.24, 2.45) is 0 Å². The van der Waals surface area contributed by atoms with Crippen LogP contribution in [0.3, 0.4) is 0 Å². The Labute approximate surface area is 159 Å². The predicted octanol–water partition coefficient (Wildman–Crippen LogP) is 6.24. The molecule has 0 aliphatic heterocycles. The van der Waals surface area contributed by atoms with E-state index in [0.29, 0.717) is 11.1 Å². The molecule has 0 saturated heterocycles. The van der Waals surface area contributed by atoms with Gasteiger partial charge in [0.1, 0.15) is 5.75 Å². The summed E-state index contributed by atoms with van der Waals surface area (Å²) in [6, 6.07) is 1.58. The van der Waals surface area contributed by atoms with Gasteiger partial charge in [0.25, 0.3) is 5.75 Å². The van der Waals surface area contributed by atoms with Gasteiger partial charge in [0.2, 0.25) is 0 Å². The third kappa shape index (κ3) is 4.06. The molecule has 2 rings (SSSR count). The van der Waals surface area contributed by atoms with Crippen LogP contribution in [-0.4, -0.2) is 9.85 Å². The molecule has 0 spiro atoms. The minimum Gasteiger partial charge on any atom is -0.443 e. The second-order valence-electron chi connectivity index (χ2n) is 5.40. The Morgan fingerprint density at radius 1 is 0.963 bits per heavy atom. The van der Waals surface area contributed by atoms with E-state index >= 15 is 0 Å². The van der Waals surface area contributed by atoms with Gasteiger partial charge < -0.3 is 4.74 Å². The van der Waals surface area contributed by atoms with Crippen molar-refractivity contribution >= 4 is 34.6 Å². The molecule has 0 radical (unpaired) electrons. The summed E-state index contributed by atoms with van der Waals surface area (Å²) in [5.74, 6) is -1.19. The number of alkyl halides is 3. The van der Waals surface area contributed by atoms with Gasteiger partial charge in [0.05, 0.1) is 20.4 Å². The number of nitrogens with zero attached hydrogens (tertiary/aromatic N) is 2. The lowest BCUT2D eigenvalue weighted by molar-refractivity contribution is -0.396. The zero-order chi connectivity index (χ0) is 20.7. The van der Waals surface area contributed by atoms with Crippen LogP contribution in [0, 0.1) is 34.1 Å². The fraction of sp³-hybridized carbons (Fsp3) is 0.200. The Hall–Kier alpha value is -2.59. The molecule has 0 aliphatic rings. The second-order valence-corrected chi connectivity index (χ2v) is 6.16. The molecule has 144 valence electrons. The molecule has 0 fully saturated rings. The van der Waals surface area contributed by atoms with Crippen molar-refractivity contribution in [1.29, 1.82) is 0 Å². The van der Waals surface area contributed by atoms with Gasteiger partial charge in [-0.05, 0) is 31.0 Å². The zero-order valence-corrected chi connectivity index (χ0v) is 15.1. The van der Waals surface area contributed by atoms with Crippen LogP contribution in [0.2, 0.25) is 10.0 Å². The second kappa shape index (κ2) is 7.20. The zero-order valence-electron chi connectivity index (χ0n) is 13.6. The number of nitro groups is 2. The van der Waals surface area contributed by atoms with E-state index in [1.807, 2.05) is 0 Å². The van der Waals surface area contributed by atoms with Gasteiger partial charge in [0.15, 0.2) is 0 Å². The van der Waals surface area contributed by atoms with Crippen molar-refractivity contribution in [3.8, 4) is 11.5 Å². The fourth-order valence-electron chi connectivity index (χ4n) is 2.22. The van der Waals surface area contributed by atoms with E-state index < -0.39 is 38.7 Å². The first-order chi connectivity index (χ1) is 12.3. The monoisotopic (exact) mass is 424 g/mol. The molecular formula is C15H9Cl2F3N2O5. The summed E-state index contributed by atoms with van der Waals surface area (Å²) in [5, 5.41) is 22.6. The lowest BCUT2D eigenvalue weighted by Gasteiger charge is -2.14. The summed E-state index contributed by atoms with van der Waals surface area (Å²) in [7, 11) is 0. The Kier molecular flexibility index (Phi) is 5.52. The Balaban J connectivity index is 2.77. The maximum absolute atomic E-state index is 12.9. The smallest absolute Gasteiger partial charge is 0.416 e. The fourth-order valence-corrected chi connectivity index (χ4v) is 2.61. The highest BCUT2D eigenvalue weighted by molar-refractivity contribution is 6.37. The third-order valence-corrected chi connectivity index (χ3v) is 4.60. The van der Waals surface area contributed by atoms with Crippen LogP contribution < -0.4 is 4.74 Å². The number of rotatable bonds is 4. The molecule has 0 amide bonds. The Morgan fingerprint density at radius 3 is 1.85 bits per heavy atom. The van der Waals surface area contributed by atoms with Crippen LogP contribution in [0.25, 0.3) is 0 Å². The molecule has 0 heterocycles. The van der Waals surface area contributed by atoms with Crippen molar-refractivity contribution in [3.05, 3.63) is 65.2 Å². The number of ether oxygens (including phenoxy) is 1. The van der Waals surface area contributed by atoms with E-state index in [1.165, 1.54) is 13.0 Å². The van der Waals surface area contributed by atoms with Gasteiger partial charge in [-0.1, -0.05) is 23.2 Å². The first-order valence-electron chi connectivity index (χ1n) is 7.01. The summed E-state index contributed by atoms with van der Waals surface area (Å²) in [6.07, 6.45) is -5.03. The van der Waals surface area contributed by atoms with Crippen LogP contribution in [-0.2, 0) is 6.18 Å². The van der Waals surface area contributed by atoms with E-state index in [1.54, 1.807) is 6.92 Å². The molecule has 7 nitrogen and oxygen atoms in total. The standard InChI is InChI=1S/C15H9Cl2F3N2O5/c1-6-3-11(13(17)7(2)12(6)16)27-14-9(21(23)24)4-8(15(18,19)20)5-10(14)22(25)26/h3-5H,1-2H3. The number of halogens is 5. The molecule has 2 aromatic rings. The average molecular weight is 425 g/mol. The van der Waals surface area contributed by atoms with Gasteiger partial charge in [-0.15, -0.1) is 0 Å². The summed E-state index contributed by atoms with van der Waals surface area (Å²) in [6.45, 7) is 3.08. The van der Waals surface area contributed by atoms with E-state index in [-0.39, 0.29) is 27.9 Å². The van der Waals surface area contributed by atoms with Crippen LogP contribution in [0.5, 0.6) is 11.5 Å². The largest absolute Gasteiger partial charge is 0.443 e. The molecule has 0 aliphatic carbocycles. The maximum Gasteiger partial charge on any atom is 0.416 e. The van der Waals surface area contributed by atoms with Crippen molar-refractivity contribution in [1.82, 2.24) is 0 Å². The van der Waals surface area contributed by atoms with Gasteiger partial charge in [-0.3, -0.25) is 20.2 Å². The van der Waals surface area contributed by atoms with E-state index in [2.05, 4.69) is 0 Å². The van der Waals surface area contributed by atoms with Gasteiger partial charge in [-0.25, -0.2) is 0 Å². The lowest BCUT2D eigenvalue weighted by Crippen LogP contribution is -2.08. The maximum atomic E-state index is 12.9. The molecule has 2 aromatic carbocycles. The van der Waals surface area contributed by atoms with E-state index in [9.17, 15) is 33.4 Å². The van der Waals surface area contributed by atoms with Gasteiger partial charge >= 0.3 is 17.6 Å². The minimum absolute atomic E-state index is 0.0888. The van der Waals surface area contributed by atoms with Crippen molar-refractivity contribution < 1.29 is 27.8 Å². The molecule has 12 heteroatoms. The van der Waals surface area contributed by atoms with Gasteiger partial charge in [0, 0.05) is 17.2 Å². The first kappa shape index (κ1) is 20.7. The van der Waals surface area contributed by atoms with Crippen molar-refractivity contribution in [2.75, 3.05) is 0 Å². The average Bonchev–Trinajstić information content (AvgIpc) is 2.56. The summed E-state index contributed by atoms with van der Waals surface area (Å²) >= 11 is 12.1. The topological polar surface area (TPSA) is 95.5 Å². The van der Waals surface area contributed by atoms with Crippen molar-refractivity contribution in [2.45, 2.75) is 20.0 Å². The molecule has 0 aromatic heterocycles. The highest BCUT2D eigenvalue weighted by Gasteiger charge is 2.39. The number of aryl methyl sites for hydroxylation is 1. The Morgan fingerprint density at radius 2 is 1.44 bits per heavy atom.